The predicted molar refractivity (Wildman–Crippen MR) is 81.5 cm³/mol. The summed E-state index contributed by atoms with van der Waals surface area (Å²) in [7, 11) is 0. The van der Waals surface area contributed by atoms with Crippen molar-refractivity contribution in [3.05, 3.63) is 27.1 Å². The van der Waals surface area contributed by atoms with Gasteiger partial charge in [0.1, 0.15) is 0 Å². The smallest absolute Gasteiger partial charge is 0.0498 e. The molecular weight excluding hydrogens is 342 g/mol. The van der Waals surface area contributed by atoms with E-state index in [0.29, 0.717) is 6.04 Å². The quantitative estimate of drug-likeness (QED) is 0.740. The van der Waals surface area contributed by atoms with Crippen LogP contribution < -0.4 is 5.32 Å². The maximum atomic E-state index is 3.66. The van der Waals surface area contributed by atoms with Gasteiger partial charge in [-0.2, -0.15) is 0 Å². The molecule has 0 aliphatic heterocycles. The van der Waals surface area contributed by atoms with Gasteiger partial charge in [0.25, 0.3) is 0 Å². The Morgan fingerprint density at radius 3 is 2.53 bits per heavy atom. The van der Waals surface area contributed by atoms with Crippen molar-refractivity contribution >= 4 is 37.5 Å². The van der Waals surface area contributed by atoms with E-state index in [1.54, 1.807) is 0 Å². The lowest BCUT2D eigenvalue weighted by atomic mass is 9.84. The average molecular weight is 361 g/mol. The Kier molecular flexibility index (Phi) is 4.92. The molecule has 1 aliphatic carbocycles. The van der Waals surface area contributed by atoms with Gasteiger partial charge >= 0.3 is 0 Å². The van der Waals surface area contributed by atoms with Crippen LogP contribution in [0.5, 0.6) is 0 Å². The molecule has 2 rings (SSSR count). The highest BCUT2D eigenvalue weighted by molar-refractivity contribution is 9.11. The van der Waals surface area contributed by atoms with Crippen LogP contribution in [-0.4, -0.2) is 6.04 Å². The van der Waals surface area contributed by atoms with Crippen molar-refractivity contribution < 1.29 is 0 Å². The van der Waals surface area contributed by atoms with E-state index in [2.05, 4.69) is 62.3 Å². The highest BCUT2D eigenvalue weighted by atomic mass is 79.9. The van der Waals surface area contributed by atoms with Gasteiger partial charge in [-0.25, -0.2) is 0 Å². The van der Waals surface area contributed by atoms with Crippen LogP contribution >= 0.6 is 31.9 Å². The van der Waals surface area contributed by atoms with Gasteiger partial charge in [0, 0.05) is 20.7 Å². The van der Waals surface area contributed by atoms with E-state index >= 15 is 0 Å². The third kappa shape index (κ3) is 3.72. The first-order chi connectivity index (χ1) is 8.19. The Hall–Kier alpha value is -0.0200. The summed E-state index contributed by atoms with van der Waals surface area (Å²) in [6.45, 7) is 2.31. The molecule has 0 radical (unpaired) electrons. The molecule has 94 valence electrons. The van der Waals surface area contributed by atoms with Crippen LogP contribution in [0.3, 0.4) is 0 Å². The first-order valence-corrected chi connectivity index (χ1v) is 7.99. The van der Waals surface area contributed by atoms with E-state index in [9.17, 15) is 0 Å². The van der Waals surface area contributed by atoms with Crippen LogP contribution in [0.25, 0.3) is 0 Å². The van der Waals surface area contributed by atoms with E-state index in [-0.39, 0.29) is 0 Å². The van der Waals surface area contributed by atoms with E-state index in [0.717, 1.165) is 14.9 Å². The Bertz CT molecular complexity index is 370. The zero-order valence-electron chi connectivity index (χ0n) is 10.2. The predicted octanol–water partition coefficient (Wildman–Crippen LogP) is 5.59. The number of nitrogens with one attached hydrogen (secondary N) is 1. The van der Waals surface area contributed by atoms with Gasteiger partial charge in [-0.3, -0.25) is 0 Å². The van der Waals surface area contributed by atoms with Crippen molar-refractivity contribution in [2.45, 2.75) is 45.1 Å². The Balaban J connectivity index is 1.95. The summed E-state index contributed by atoms with van der Waals surface area (Å²) in [6.07, 6.45) is 6.70. The summed E-state index contributed by atoms with van der Waals surface area (Å²) in [5.74, 6) is 0.957. The van der Waals surface area contributed by atoms with Gasteiger partial charge in [-0.05, 0) is 65.7 Å². The summed E-state index contributed by atoms with van der Waals surface area (Å²) >= 11 is 7.12. The summed E-state index contributed by atoms with van der Waals surface area (Å²) < 4.78 is 2.28. The summed E-state index contributed by atoms with van der Waals surface area (Å²) in [6, 6.07) is 6.94. The van der Waals surface area contributed by atoms with Crippen molar-refractivity contribution in [2.24, 2.45) is 5.92 Å². The molecule has 0 spiro atoms. The van der Waals surface area contributed by atoms with Crippen LogP contribution in [0, 0.1) is 5.92 Å². The highest BCUT2D eigenvalue weighted by Gasteiger charge is 2.20. The van der Waals surface area contributed by atoms with Crippen molar-refractivity contribution in [3.63, 3.8) is 0 Å². The second kappa shape index (κ2) is 6.24. The molecule has 1 aliphatic rings. The number of hydrogen-bond donors (Lipinski definition) is 1. The summed E-state index contributed by atoms with van der Waals surface area (Å²) in [5.41, 5.74) is 1.21. The SMILES string of the molecule is CCC1CCC(Nc2cc(Br)ccc2Br)CC1. The van der Waals surface area contributed by atoms with E-state index in [1.165, 1.54) is 37.8 Å². The Morgan fingerprint density at radius 2 is 1.88 bits per heavy atom. The molecule has 0 aromatic heterocycles. The highest BCUT2D eigenvalue weighted by Crippen LogP contribution is 2.32. The van der Waals surface area contributed by atoms with Crippen LogP contribution in [0.2, 0.25) is 0 Å². The molecule has 1 aromatic rings. The molecule has 0 heterocycles. The van der Waals surface area contributed by atoms with Gasteiger partial charge in [0.05, 0.1) is 0 Å². The number of benzene rings is 1. The first kappa shape index (κ1) is 13.4. The molecule has 0 amide bonds. The van der Waals surface area contributed by atoms with Crippen LogP contribution in [0.15, 0.2) is 27.1 Å². The fourth-order valence-electron chi connectivity index (χ4n) is 2.54. The Labute approximate surface area is 121 Å². The molecule has 0 bridgehead atoms. The first-order valence-electron chi connectivity index (χ1n) is 6.40. The van der Waals surface area contributed by atoms with Crippen LogP contribution in [0.4, 0.5) is 5.69 Å². The molecule has 1 nitrogen and oxygen atoms in total. The lowest BCUT2D eigenvalue weighted by Gasteiger charge is -2.29. The molecule has 3 heteroatoms. The fourth-order valence-corrected chi connectivity index (χ4v) is 3.27. The normalized spacial score (nSPS) is 24.6. The number of anilines is 1. The maximum absolute atomic E-state index is 3.66. The monoisotopic (exact) mass is 359 g/mol. The molecule has 0 unspecified atom stereocenters. The lowest BCUT2D eigenvalue weighted by molar-refractivity contribution is 0.330. The van der Waals surface area contributed by atoms with Crippen molar-refractivity contribution in [1.29, 1.82) is 0 Å². The second-order valence-corrected chi connectivity index (χ2v) is 6.66. The largest absolute Gasteiger partial charge is 0.381 e. The van der Waals surface area contributed by atoms with Crippen LogP contribution in [0.1, 0.15) is 39.0 Å². The van der Waals surface area contributed by atoms with E-state index < -0.39 is 0 Å². The van der Waals surface area contributed by atoms with E-state index in [1.807, 2.05) is 0 Å². The number of rotatable bonds is 3. The van der Waals surface area contributed by atoms with Gasteiger partial charge in [0.15, 0.2) is 0 Å². The molecule has 0 saturated heterocycles. The third-order valence-corrected chi connectivity index (χ3v) is 4.90. The Morgan fingerprint density at radius 1 is 1.18 bits per heavy atom. The lowest BCUT2D eigenvalue weighted by Crippen LogP contribution is -2.26. The topological polar surface area (TPSA) is 12.0 Å². The average Bonchev–Trinajstić information content (AvgIpc) is 2.35. The van der Waals surface area contributed by atoms with Gasteiger partial charge in [0.2, 0.25) is 0 Å². The van der Waals surface area contributed by atoms with Crippen LogP contribution in [-0.2, 0) is 0 Å². The minimum Gasteiger partial charge on any atom is -0.381 e. The zero-order valence-corrected chi connectivity index (χ0v) is 13.4. The van der Waals surface area contributed by atoms with Crippen molar-refractivity contribution in [3.8, 4) is 0 Å². The maximum Gasteiger partial charge on any atom is 0.0498 e. The number of halogens is 2. The number of hydrogen-bond acceptors (Lipinski definition) is 1. The molecule has 1 aromatic carbocycles. The molecular formula is C14H19Br2N. The minimum absolute atomic E-state index is 0.642. The molecule has 1 saturated carbocycles. The second-order valence-electron chi connectivity index (χ2n) is 4.89. The molecule has 17 heavy (non-hydrogen) atoms. The minimum atomic E-state index is 0.642. The molecule has 1 N–H and O–H groups in total. The van der Waals surface area contributed by atoms with Gasteiger partial charge in [-0.15, -0.1) is 0 Å². The fraction of sp³-hybridized carbons (Fsp3) is 0.571. The van der Waals surface area contributed by atoms with Gasteiger partial charge < -0.3 is 5.32 Å². The van der Waals surface area contributed by atoms with E-state index in [4.69, 9.17) is 0 Å². The van der Waals surface area contributed by atoms with Crippen molar-refractivity contribution in [2.75, 3.05) is 5.32 Å². The third-order valence-electron chi connectivity index (χ3n) is 3.71. The molecule has 0 atom stereocenters. The van der Waals surface area contributed by atoms with Gasteiger partial charge in [-0.1, -0.05) is 29.3 Å². The standard InChI is InChI=1S/C14H19Br2N/c1-2-10-3-6-12(7-4-10)17-14-9-11(15)5-8-13(14)16/h5,8-10,12,17H,2-4,6-7H2,1H3. The molecule has 1 fully saturated rings. The zero-order chi connectivity index (χ0) is 12.3. The summed E-state index contributed by atoms with van der Waals surface area (Å²) in [4.78, 5) is 0. The summed E-state index contributed by atoms with van der Waals surface area (Å²) in [5, 5.41) is 3.66. The van der Waals surface area contributed by atoms with Crippen molar-refractivity contribution in [1.82, 2.24) is 0 Å².